The number of carbonyl (C=O) groups is 1. The minimum atomic E-state index is -0.280. The van der Waals surface area contributed by atoms with Crippen LogP contribution in [0, 0.1) is 6.92 Å². The number of aryl methyl sites for hydroxylation is 1. The fourth-order valence-electron chi connectivity index (χ4n) is 3.59. The van der Waals surface area contributed by atoms with Crippen LogP contribution in [0.2, 0.25) is 0 Å². The van der Waals surface area contributed by atoms with Crippen LogP contribution < -0.4 is 15.0 Å². The van der Waals surface area contributed by atoms with Crippen molar-refractivity contribution in [3.63, 3.8) is 0 Å². The lowest BCUT2D eigenvalue weighted by Gasteiger charge is -2.23. The molecular formula is C24H22N6O3. The summed E-state index contributed by atoms with van der Waals surface area (Å²) in [5, 5.41) is 11.1. The molecule has 0 saturated heterocycles. The number of H-pyrrole nitrogens is 1. The Hall–Kier alpha value is -4.40. The van der Waals surface area contributed by atoms with Crippen molar-refractivity contribution >= 4 is 34.0 Å². The lowest BCUT2D eigenvalue weighted by atomic mass is 10.1. The Morgan fingerprint density at radius 2 is 2.00 bits per heavy atom. The number of aromatic amines is 1. The second-order valence-electron chi connectivity index (χ2n) is 7.57. The highest BCUT2D eigenvalue weighted by Crippen LogP contribution is 2.29. The van der Waals surface area contributed by atoms with Gasteiger partial charge in [-0.3, -0.25) is 9.89 Å². The average molecular weight is 442 g/mol. The van der Waals surface area contributed by atoms with E-state index in [4.69, 9.17) is 9.47 Å². The van der Waals surface area contributed by atoms with Crippen LogP contribution in [0.5, 0.6) is 5.75 Å². The first-order valence-electron chi connectivity index (χ1n) is 10.5. The van der Waals surface area contributed by atoms with Crippen LogP contribution in [0.4, 0.5) is 17.3 Å². The van der Waals surface area contributed by atoms with Gasteiger partial charge in [0.2, 0.25) is 11.6 Å². The number of hydrogen-bond donors (Lipinski definition) is 2. The normalized spacial score (nSPS) is 13.1. The quantitative estimate of drug-likeness (QED) is 0.433. The first kappa shape index (κ1) is 20.5. The van der Waals surface area contributed by atoms with Crippen molar-refractivity contribution in [3.05, 3.63) is 78.1 Å². The van der Waals surface area contributed by atoms with E-state index in [0.717, 1.165) is 23.3 Å². The van der Waals surface area contributed by atoms with Crippen molar-refractivity contribution in [3.8, 4) is 5.75 Å². The summed E-state index contributed by atoms with van der Waals surface area (Å²) in [6, 6.07) is 14.6. The van der Waals surface area contributed by atoms with Crippen LogP contribution in [0.25, 0.3) is 10.9 Å². The Kier molecular flexibility index (Phi) is 5.35. The molecule has 2 aromatic heterocycles. The Morgan fingerprint density at radius 1 is 1.15 bits per heavy atom. The van der Waals surface area contributed by atoms with Crippen molar-refractivity contribution in [2.24, 2.45) is 0 Å². The van der Waals surface area contributed by atoms with Gasteiger partial charge in [-0.25, -0.2) is 9.97 Å². The van der Waals surface area contributed by atoms with E-state index < -0.39 is 0 Å². The fraction of sp³-hybridized carbons (Fsp3) is 0.167. The van der Waals surface area contributed by atoms with Gasteiger partial charge in [-0.1, -0.05) is 0 Å². The molecule has 9 heteroatoms. The van der Waals surface area contributed by atoms with E-state index in [1.807, 2.05) is 37.4 Å². The van der Waals surface area contributed by atoms with Crippen LogP contribution in [-0.4, -0.2) is 46.2 Å². The number of carbonyl (C=O) groups excluding carboxylic acids is 1. The summed E-state index contributed by atoms with van der Waals surface area (Å²) in [4.78, 5) is 24.5. The molecule has 0 bridgehead atoms. The molecule has 0 fully saturated rings. The number of aromatic nitrogens is 4. The Labute approximate surface area is 190 Å². The molecule has 2 aromatic carbocycles. The van der Waals surface area contributed by atoms with E-state index in [1.54, 1.807) is 37.6 Å². The van der Waals surface area contributed by atoms with Gasteiger partial charge in [0.1, 0.15) is 18.2 Å². The van der Waals surface area contributed by atoms with Crippen molar-refractivity contribution in [1.82, 2.24) is 20.2 Å². The highest BCUT2D eigenvalue weighted by molar-refractivity contribution is 6.08. The van der Waals surface area contributed by atoms with Crippen molar-refractivity contribution in [2.45, 2.75) is 6.92 Å². The molecule has 0 spiro atoms. The third-order valence-corrected chi connectivity index (χ3v) is 5.31. The van der Waals surface area contributed by atoms with Crippen LogP contribution in [0.15, 0.2) is 61.0 Å². The summed E-state index contributed by atoms with van der Waals surface area (Å²) < 4.78 is 10.5. The van der Waals surface area contributed by atoms with Crippen molar-refractivity contribution in [2.75, 3.05) is 30.5 Å². The molecule has 0 radical (unpaired) electrons. The third-order valence-electron chi connectivity index (χ3n) is 5.31. The summed E-state index contributed by atoms with van der Waals surface area (Å²) in [5.74, 6) is 1.60. The first-order valence-corrected chi connectivity index (χ1v) is 10.5. The zero-order chi connectivity index (χ0) is 22.8. The molecule has 2 N–H and O–H groups in total. The Bertz CT molecular complexity index is 1350. The minimum absolute atomic E-state index is 0.0945. The van der Waals surface area contributed by atoms with E-state index >= 15 is 0 Å². The number of nitrogens with zero attached hydrogens (tertiary/aromatic N) is 4. The summed E-state index contributed by atoms with van der Waals surface area (Å²) in [6.07, 6.45) is 3.54. The Morgan fingerprint density at radius 3 is 2.70 bits per heavy atom. The van der Waals surface area contributed by atoms with Crippen LogP contribution >= 0.6 is 0 Å². The summed E-state index contributed by atoms with van der Waals surface area (Å²) in [7, 11) is 1.58. The molecule has 3 heterocycles. The molecule has 0 atom stereocenters. The van der Waals surface area contributed by atoms with Gasteiger partial charge < -0.3 is 19.7 Å². The maximum atomic E-state index is 13.2. The molecule has 0 unspecified atom stereocenters. The number of anilines is 3. The molecule has 9 nitrogen and oxygen atoms in total. The van der Waals surface area contributed by atoms with E-state index in [1.165, 1.54) is 0 Å². The predicted molar refractivity (Wildman–Crippen MR) is 125 cm³/mol. The fourth-order valence-corrected chi connectivity index (χ4v) is 3.59. The SMILES string of the molecule is COc1ccc(C(=O)c2nc(Nc3cc(C)[nH]n3)c3ccc(N4C=COCC4)cc3n2)cc1. The van der Waals surface area contributed by atoms with Gasteiger partial charge in [-0.2, -0.15) is 5.10 Å². The van der Waals surface area contributed by atoms with Gasteiger partial charge in [0.15, 0.2) is 5.82 Å². The molecule has 1 aliphatic rings. The van der Waals surface area contributed by atoms with Gasteiger partial charge in [-0.15, -0.1) is 0 Å². The number of hydrogen-bond acceptors (Lipinski definition) is 8. The van der Waals surface area contributed by atoms with Gasteiger partial charge in [0.05, 0.1) is 25.4 Å². The van der Waals surface area contributed by atoms with Crippen LogP contribution in [0.3, 0.4) is 0 Å². The number of rotatable bonds is 6. The molecule has 0 aliphatic carbocycles. The summed E-state index contributed by atoms with van der Waals surface area (Å²) >= 11 is 0. The van der Waals surface area contributed by atoms with Gasteiger partial charge in [-0.05, 0) is 49.4 Å². The number of nitrogens with one attached hydrogen (secondary N) is 2. The molecular weight excluding hydrogens is 420 g/mol. The van der Waals surface area contributed by atoms with E-state index in [-0.39, 0.29) is 11.6 Å². The Balaban J connectivity index is 1.59. The topological polar surface area (TPSA) is 105 Å². The first-order chi connectivity index (χ1) is 16.1. The van der Waals surface area contributed by atoms with E-state index in [2.05, 4.69) is 30.4 Å². The number of ether oxygens (including phenoxy) is 2. The molecule has 5 rings (SSSR count). The second kappa shape index (κ2) is 8.62. The number of methoxy groups -OCH3 is 1. The molecule has 0 saturated carbocycles. The highest BCUT2D eigenvalue weighted by Gasteiger charge is 2.18. The summed E-state index contributed by atoms with van der Waals surface area (Å²) in [5.41, 5.74) is 2.98. The molecule has 166 valence electrons. The lowest BCUT2D eigenvalue weighted by Crippen LogP contribution is -2.24. The smallest absolute Gasteiger partial charge is 0.230 e. The number of benzene rings is 2. The van der Waals surface area contributed by atoms with Crippen LogP contribution in [0.1, 0.15) is 21.9 Å². The minimum Gasteiger partial charge on any atom is -0.498 e. The van der Waals surface area contributed by atoms with Gasteiger partial charge >= 0.3 is 0 Å². The number of ketones is 1. The van der Waals surface area contributed by atoms with Gasteiger partial charge in [0, 0.05) is 34.6 Å². The maximum absolute atomic E-state index is 13.2. The summed E-state index contributed by atoms with van der Waals surface area (Å²) in [6.45, 7) is 3.24. The van der Waals surface area contributed by atoms with Crippen molar-refractivity contribution < 1.29 is 14.3 Å². The molecule has 0 amide bonds. The standard InChI is InChI=1S/C24H22N6O3/c1-15-13-21(29-28-15)26-23-19-8-5-17(30-9-11-33-12-10-30)14-20(19)25-24(27-23)22(31)16-3-6-18(32-2)7-4-16/h3-9,11,13-14H,10,12H2,1-2H3,(H2,25,26,27,28,29). The molecule has 1 aliphatic heterocycles. The van der Waals surface area contributed by atoms with Gasteiger partial charge in [0.25, 0.3) is 0 Å². The monoisotopic (exact) mass is 442 g/mol. The molecule has 4 aromatic rings. The van der Waals surface area contributed by atoms with E-state index in [0.29, 0.717) is 35.1 Å². The second-order valence-corrected chi connectivity index (χ2v) is 7.57. The van der Waals surface area contributed by atoms with Crippen molar-refractivity contribution in [1.29, 1.82) is 0 Å². The lowest BCUT2D eigenvalue weighted by molar-refractivity contribution is 0.103. The third kappa shape index (κ3) is 4.20. The predicted octanol–water partition coefficient (Wildman–Crippen LogP) is 3.95. The van der Waals surface area contributed by atoms with E-state index in [9.17, 15) is 4.79 Å². The largest absolute Gasteiger partial charge is 0.498 e. The van der Waals surface area contributed by atoms with Crippen LogP contribution in [-0.2, 0) is 4.74 Å². The maximum Gasteiger partial charge on any atom is 0.230 e. The highest BCUT2D eigenvalue weighted by atomic mass is 16.5. The zero-order valence-electron chi connectivity index (χ0n) is 18.2. The average Bonchev–Trinajstić information content (AvgIpc) is 3.28. The molecule has 33 heavy (non-hydrogen) atoms. The number of fused-ring (bicyclic) bond motifs is 1. The zero-order valence-corrected chi connectivity index (χ0v) is 18.2.